The molecule has 0 unspecified atom stereocenters. The number of nitrogens with one attached hydrogen (secondary N) is 1. The van der Waals surface area contributed by atoms with Crippen molar-refractivity contribution in [2.45, 2.75) is 70.7 Å². The highest BCUT2D eigenvalue weighted by Gasteiger charge is 2.30. The van der Waals surface area contributed by atoms with Crippen LogP contribution < -0.4 is 10.2 Å². The Balaban J connectivity index is 2.17. The van der Waals surface area contributed by atoms with Crippen LogP contribution in [-0.4, -0.2) is 60.0 Å². The average Bonchev–Trinajstić information content (AvgIpc) is 3.29. The van der Waals surface area contributed by atoms with E-state index in [0.29, 0.717) is 24.3 Å². The standard InChI is InChI=1S/C29H35Cl2N7O7S2/c1-17(2)37(11-7-8-12-46(40,41)42)19-9-10-24(25(13-19)33-18(3)39)34-35-28-21(16-32)27(29(4,5)6)36-38(28)26-22(30)14-20(15-23(26)31)47(43,44)45/h9-10,13-15,17H,7-8,11-12H2,1-6H3,(H,33,39)(H,40,41,42)(H,43,44,45). The predicted molar refractivity (Wildman–Crippen MR) is 180 cm³/mol. The minimum absolute atomic E-state index is 0.0107. The lowest BCUT2D eigenvalue weighted by atomic mass is 9.90. The molecule has 0 aliphatic rings. The third-order valence-electron chi connectivity index (χ3n) is 6.73. The smallest absolute Gasteiger partial charge is 0.294 e. The molecule has 2 aromatic carbocycles. The average molecular weight is 729 g/mol. The first-order valence-corrected chi connectivity index (χ1v) is 18.0. The monoisotopic (exact) mass is 727 g/mol. The lowest BCUT2D eigenvalue weighted by Crippen LogP contribution is -2.32. The molecule has 0 atom stereocenters. The van der Waals surface area contributed by atoms with Crippen LogP contribution in [0, 0.1) is 11.3 Å². The fraction of sp³-hybridized carbons (Fsp3) is 0.414. The van der Waals surface area contributed by atoms with Crippen LogP contribution >= 0.6 is 23.2 Å². The Hall–Kier alpha value is -3.59. The fourth-order valence-electron chi connectivity index (χ4n) is 4.61. The number of anilines is 2. The second-order valence-corrected chi connectivity index (χ2v) is 15.7. The number of halogens is 2. The maximum atomic E-state index is 12.2. The van der Waals surface area contributed by atoms with Gasteiger partial charge in [0.1, 0.15) is 23.0 Å². The zero-order valence-electron chi connectivity index (χ0n) is 26.5. The van der Waals surface area contributed by atoms with Gasteiger partial charge in [-0.05, 0) is 57.0 Å². The molecule has 1 heterocycles. The van der Waals surface area contributed by atoms with Gasteiger partial charge in [0, 0.05) is 30.6 Å². The third kappa shape index (κ3) is 9.72. The molecule has 0 bridgehead atoms. The summed E-state index contributed by atoms with van der Waals surface area (Å²) in [5.74, 6) is -0.825. The van der Waals surface area contributed by atoms with E-state index in [-0.39, 0.29) is 56.7 Å². The summed E-state index contributed by atoms with van der Waals surface area (Å²) in [4.78, 5) is 13.6. The van der Waals surface area contributed by atoms with E-state index < -0.39 is 36.5 Å². The van der Waals surface area contributed by atoms with Crippen molar-refractivity contribution in [2.24, 2.45) is 10.2 Å². The van der Waals surface area contributed by atoms with Gasteiger partial charge in [-0.1, -0.05) is 44.0 Å². The largest absolute Gasteiger partial charge is 0.369 e. The quantitative estimate of drug-likeness (QED) is 0.100. The summed E-state index contributed by atoms with van der Waals surface area (Å²) >= 11 is 12.9. The number of azo groups is 1. The predicted octanol–water partition coefficient (Wildman–Crippen LogP) is 6.85. The van der Waals surface area contributed by atoms with Crippen molar-refractivity contribution in [3.8, 4) is 11.8 Å². The molecular weight excluding hydrogens is 693 g/mol. The van der Waals surface area contributed by atoms with Gasteiger partial charge < -0.3 is 10.2 Å². The Morgan fingerprint density at radius 3 is 2.19 bits per heavy atom. The molecule has 0 radical (unpaired) electrons. The first-order chi connectivity index (χ1) is 21.6. The summed E-state index contributed by atoms with van der Waals surface area (Å²) in [6, 6.07) is 9.10. The van der Waals surface area contributed by atoms with Crippen molar-refractivity contribution in [1.82, 2.24) is 9.78 Å². The molecule has 18 heteroatoms. The summed E-state index contributed by atoms with van der Waals surface area (Å²) in [6.07, 6.45) is 0.729. The van der Waals surface area contributed by atoms with Gasteiger partial charge >= 0.3 is 0 Å². The number of carbonyl (C=O) groups is 1. The Labute approximate surface area is 283 Å². The summed E-state index contributed by atoms with van der Waals surface area (Å²) in [5.41, 5.74) is 0.882. The third-order valence-corrected chi connectivity index (χ3v) is 8.95. The summed E-state index contributed by atoms with van der Waals surface area (Å²) < 4.78 is 65.4. The molecule has 0 aliphatic heterocycles. The van der Waals surface area contributed by atoms with Crippen molar-refractivity contribution < 1.29 is 30.7 Å². The number of unbranched alkanes of at least 4 members (excludes halogenated alkanes) is 1. The molecule has 0 fully saturated rings. The van der Waals surface area contributed by atoms with Crippen LogP contribution in [0.2, 0.25) is 10.0 Å². The number of nitriles is 1. The van der Waals surface area contributed by atoms with Crippen molar-refractivity contribution >= 4 is 72.2 Å². The van der Waals surface area contributed by atoms with E-state index in [0.717, 1.165) is 12.1 Å². The van der Waals surface area contributed by atoms with Crippen molar-refractivity contribution in [3.63, 3.8) is 0 Å². The Morgan fingerprint density at radius 2 is 1.70 bits per heavy atom. The number of nitrogens with zero attached hydrogens (tertiary/aromatic N) is 6. The second-order valence-electron chi connectivity index (χ2n) is 11.9. The second kappa shape index (κ2) is 14.7. The number of rotatable bonds is 12. The van der Waals surface area contributed by atoms with Crippen LogP contribution in [0.15, 0.2) is 45.5 Å². The maximum Gasteiger partial charge on any atom is 0.294 e. The van der Waals surface area contributed by atoms with E-state index in [2.05, 4.69) is 26.7 Å². The van der Waals surface area contributed by atoms with Crippen LogP contribution in [0.4, 0.5) is 22.9 Å². The van der Waals surface area contributed by atoms with Gasteiger partial charge in [-0.2, -0.15) is 27.2 Å². The highest BCUT2D eigenvalue weighted by atomic mass is 35.5. The van der Waals surface area contributed by atoms with E-state index in [1.165, 1.54) is 11.6 Å². The van der Waals surface area contributed by atoms with E-state index >= 15 is 0 Å². The molecule has 3 N–H and O–H groups in total. The molecule has 254 valence electrons. The molecule has 0 spiro atoms. The van der Waals surface area contributed by atoms with Gasteiger partial charge in [-0.15, -0.1) is 10.2 Å². The molecule has 14 nitrogen and oxygen atoms in total. The van der Waals surface area contributed by atoms with Gasteiger partial charge in [0.05, 0.1) is 32.1 Å². The number of amides is 1. The molecule has 1 aromatic heterocycles. The van der Waals surface area contributed by atoms with Crippen LogP contribution in [0.5, 0.6) is 0 Å². The van der Waals surface area contributed by atoms with Gasteiger partial charge in [0.15, 0.2) is 5.82 Å². The van der Waals surface area contributed by atoms with Gasteiger partial charge in [-0.3, -0.25) is 13.9 Å². The first-order valence-electron chi connectivity index (χ1n) is 14.2. The van der Waals surface area contributed by atoms with Crippen molar-refractivity contribution in [1.29, 1.82) is 5.26 Å². The van der Waals surface area contributed by atoms with Crippen LogP contribution in [0.25, 0.3) is 5.69 Å². The summed E-state index contributed by atoms with van der Waals surface area (Å²) in [6.45, 7) is 11.2. The number of benzene rings is 2. The van der Waals surface area contributed by atoms with Crippen molar-refractivity contribution in [3.05, 3.63) is 51.6 Å². The summed E-state index contributed by atoms with van der Waals surface area (Å²) in [7, 11) is -8.71. The molecule has 1 amide bonds. The lowest BCUT2D eigenvalue weighted by molar-refractivity contribution is -0.114. The minimum atomic E-state index is -4.64. The maximum absolute atomic E-state index is 12.2. The molecule has 0 saturated heterocycles. The zero-order valence-corrected chi connectivity index (χ0v) is 29.6. The number of carbonyl (C=O) groups excluding carboxylic acids is 1. The topological polar surface area (TPSA) is 207 Å². The SMILES string of the molecule is CC(=O)Nc1cc(N(CCCCS(=O)(=O)O)C(C)C)ccc1N=Nc1c(C#N)c(C(C)(C)C)nn1-c1c(Cl)cc(S(=O)(=O)O)cc1Cl. The fourth-order valence-corrected chi connectivity index (χ4v) is 6.49. The van der Waals surface area contributed by atoms with Crippen LogP contribution in [0.1, 0.15) is 65.6 Å². The van der Waals surface area contributed by atoms with E-state index in [4.69, 9.17) is 27.8 Å². The summed E-state index contributed by atoms with van der Waals surface area (Å²) in [5, 5.41) is 25.7. The first kappa shape index (κ1) is 37.9. The van der Waals surface area contributed by atoms with Gasteiger partial charge in [0.2, 0.25) is 5.91 Å². The van der Waals surface area contributed by atoms with E-state index in [1.807, 2.05) is 39.5 Å². The molecule has 3 aromatic rings. The number of hydrogen-bond donors (Lipinski definition) is 3. The minimum Gasteiger partial charge on any atom is -0.369 e. The van der Waals surface area contributed by atoms with E-state index in [9.17, 15) is 31.4 Å². The van der Waals surface area contributed by atoms with E-state index in [1.54, 1.807) is 18.2 Å². The lowest BCUT2D eigenvalue weighted by Gasteiger charge is -2.29. The highest BCUT2D eigenvalue weighted by molar-refractivity contribution is 7.86. The molecule has 47 heavy (non-hydrogen) atoms. The van der Waals surface area contributed by atoms with Crippen LogP contribution in [0.3, 0.4) is 0 Å². The number of aromatic nitrogens is 2. The highest BCUT2D eigenvalue weighted by Crippen LogP contribution is 2.40. The van der Waals surface area contributed by atoms with Crippen LogP contribution in [-0.2, 0) is 30.4 Å². The normalized spacial score (nSPS) is 12.5. The van der Waals surface area contributed by atoms with Crippen molar-refractivity contribution in [2.75, 3.05) is 22.5 Å². The zero-order chi connectivity index (χ0) is 35.5. The van der Waals surface area contributed by atoms with Gasteiger partial charge in [0.25, 0.3) is 20.2 Å². The Morgan fingerprint density at radius 1 is 1.09 bits per heavy atom. The molecule has 3 rings (SSSR count). The Bertz CT molecular complexity index is 1940. The molecule has 0 aliphatic carbocycles. The molecule has 0 saturated carbocycles. The Kier molecular flexibility index (Phi) is 11.8. The number of hydrogen-bond acceptors (Lipinski definition) is 10. The molecular formula is C29H35Cl2N7O7S2. The van der Waals surface area contributed by atoms with Gasteiger partial charge in [-0.25, -0.2) is 4.68 Å².